The van der Waals surface area contributed by atoms with Crippen molar-refractivity contribution in [2.24, 2.45) is 5.73 Å². The maximum atomic E-state index is 10.7. The Kier molecular flexibility index (Phi) is 4.06. The molecular formula is C17H18N2O3. The van der Waals surface area contributed by atoms with Crippen LogP contribution in [0.4, 0.5) is 5.69 Å². The predicted molar refractivity (Wildman–Crippen MR) is 83.8 cm³/mol. The van der Waals surface area contributed by atoms with Crippen LogP contribution in [0, 0.1) is 10.1 Å². The van der Waals surface area contributed by atoms with E-state index >= 15 is 0 Å². The molecule has 2 aromatic rings. The van der Waals surface area contributed by atoms with E-state index in [9.17, 15) is 10.1 Å². The van der Waals surface area contributed by atoms with Gasteiger partial charge in [-0.2, -0.15) is 0 Å². The molecule has 0 amide bonds. The molecular weight excluding hydrogens is 280 g/mol. The lowest BCUT2D eigenvalue weighted by atomic mass is 10.0. The van der Waals surface area contributed by atoms with E-state index in [1.165, 1.54) is 17.7 Å². The number of aryl methyl sites for hydroxylation is 1. The predicted octanol–water partition coefficient (Wildman–Crippen LogP) is 3.38. The summed E-state index contributed by atoms with van der Waals surface area (Å²) in [5, 5.41) is 10.7. The second-order valence-electron chi connectivity index (χ2n) is 5.59. The van der Waals surface area contributed by atoms with E-state index in [2.05, 4.69) is 12.1 Å². The number of hydrogen-bond donors (Lipinski definition) is 1. The molecule has 1 aliphatic carbocycles. The van der Waals surface area contributed by atoms with Crippen LogP contribution in [0.5, 0.6) is 5.75 Å². The van der Waals surface area contributed by atoms with E-state index in [0.29, 0.717) is 5.75 Å². The van der Waals surface area contributed by atoms with Crippen LogP contribution in [0.15, 0.2) is 48.5 Å². The van der Waals surface area contributed by atoms with E-state index in [-0.39, 0.29) is 17.8 Å². The van der Waals surface area contributed by atoms with Crippen LogP contribution in [-0.4, -0.2) is 11.0 Å². The van der Waals surface area contributed by atoms with Gasteiger partial charge in [0.2, 0.25) is 0 Å². The number of fused-ring (bicyclic) bond motifs is 1. The van der Waals surface area contributed by atoms with Crippen LogP contribution in [0.25, 0.3) is 0 Å². The Morgan fingerprint density at radius 3 is 2.59 bits per heavy atom. The number of benzene rings is 2. The molecule has 22 heavy (non-hydrogen) atoms. The van der Waals surface area contributed by atoms with E-state index in [1.807, 2.05) is 12.1 Å². The summed E-state index contributed by atoms with van der Waals surface area (Å²) in [5.74, 6) is 0.625. The Hall–Kier alpha value is -2.40. The standard InChI is InChI=1S/C17H18N2O3/c18-13-6-5-12-3-1-2-4-16(12)17(11-13)22-15-9-7-14(8-10-15)19(20)21/h1-4,7-10,13,17H,5-6,11,18H2. The van der Waals surface area contributed by atoms with Gasteiger partial charge in [-0.25, -0.2) is 0 Å². The molecule has 0 bridgehead atoms. The molecule has 5 nitrogen and oxygen atoms in total. The summed E-state index contributed by atoms with van der Waals surface area (Å²) in [4.78, 5) is 10.3. The van der Waals surface area contributed by atoms with Crippen molar-refractivity contribution in [3.8, 4) is 5.75 Å². The second kappa shape index (κ2) is 6.15. The highest BCUT2D eigenvalue weighted by molar-refractivity contribution is 5.37. The first kappa shape index (κ1) is 14.5. The fourth-order valence-electron chi connectivity index (χ4n) is 2.86. The summed E-state index contributed by atoms with van der Waals surface area (Å²) < 4.78 is 6.06. The van der Waals surface area contributed by atoms with E-state index in [1.54, 1.807) is 12.1 Å². The van der Waals surface area contributed by atoms with Crippen molar-refractivity contribution >= 4 is 5.69 Å². The molecule has 0 spiro atoms. The van der Waals surface area contributed by atoms with Crippen molar-refractivity contribution in [1.82, 2.24) is 0 Å². The van der Waals surface area contributed by atoms with Crippen molar-refractivity contribution in [3.05, 3.63) is 69.8 Å². The van der Waals surface area contributed by atoms with Crippen molar-refractivity contribution in [2.45, 2.75) is 31.4 Å². The van der Waals surface area contributed by atoms with Gasteiger partial charge in [-0.3, -0.25) is 10.1 Å². The zero-order chi connectivity index (χ0) is 15.5. The minimum Gasteiger partial charge on any atom is -0.486 e. The van der Waals surface area contributed by atoms with Crippen LogP contribution >= 0.6 is 0 Å². The largest absolute Gasteiger partial charge is 0.486 e. The first-order valence-corrected chi connectivity index (χ1v) is 7.38. The topological polar surface area (TPSA) is 78.4 Å². The number of nitrogens with zero attached hydrogens (tertiary/aromatic N) is 1. The lowest BCUT2D eigenvalue weighted by molar-refractivity contribution is -0.384. The molecule has 2 unspecified atom stereocenters. The fraction of sp³-hybridized carbons (Fsp3) is 0.294. The second-order valence-corrected chi connectivity index (χ2v) is 5.59. The molecule has 5 heteroatoms. The van der Waals surface area contributed by atoms with Crippen molar-refractivity contribution < 1.29 is 9.66 Å². The Morgan fingerprint density at radius 1 is 1.14 bits per heavy atom. The molecule has 0 aliphatic heterocycles. The average molecular weight is 298 g/mol. The molecule has 0 radical (unpaired) electrons. The lowest BCUT2D eigenvalue weighted by Gasteiger charge is -2.21. The molecule has 0 saturated carbocycles. The molecule has 3 rings (SSSR count). The SMILES string of the molecule is NC1CCc2ccccc2C(Oc2ccc([N+](=O)[O-])cc2)C1. The zero-order valence-electron chi connectivity index (χ0n) is 12.1. The number of nitrogens with two attached hydrogens (primary N) is 1. The van der Waals surface area contributed by atoms with Crippen molar-refractivity contribution in [3.63, 3.8) is 0 Å². The summed E-state index contributed by atoms with van der Waals surface area (Å²) in [6.07, 6.45) is 2.53. The monoisotopic (exact) mass is 298 g/mol. The minimum atomic E-state index is -0.416. The Bertz CT molecular complexity index is 670. The first-order chi connectivity index (χ1) is 10.6. The molecule has 2 N–H and O–H groups in total. The maximum Gasteiger partial charge on any atom is 0.269 e. The van der Waals surface area contributed by atoms with Crippen molar-refractivity contribution in [1.29, 1.82) is 0 Å². The lowest BCUT2D eigenvalue weighted by Crippen LogP contribution is -2.23. The van der Waals surface area contributed by atoms with Gasteiger partial charge >= 0.3 is 0 Å². The van der Waals surface area contributed by atoms with Gasteiger partial charge in [-0.15, -0.1) is 0 Å². The minimum absolute atomic E-state index is 0.0605. The van der Waals surface area contributed by atoms with Gasteiger partial charge in [0, 0.05) is 24.6 Å². The Labute approximate surface area is 128 Å². The molecule has 2 atom stereocenters. The van der Waals surface area contributed by atoms with Crippen LogP contribution < -0.4 is 10.5 Å². The molecule has 114 valence electrons. The van der Waals surface area contributed by atoms with Crippen LogP contribution in [0.3, 0.4) is 0 Å². The fourth-order valence-corrected chi connectivity index (χ4v) is 2.86. The highest BCUT2D eigenvalue weighted by Crippen LogP contribution is 2.32. The Morgan fingerprint density at radius 2 is 1.86 bits per heavy atom. The molecule has 0 aromatic heterocycles. The molecule has 0 fully saturated rings. The van der Waals surface area contributed by atoms with Gasteiger partial charge in [-0.1, -0.05) is 24.3 Å². The van der Waals surface area contributed by atoms with Crippen molar-refractivity contribution in [2.75, 3.05) is 0 Å². The summed E-state index contributed by atoms with van der Waals surface area (Å²) in [6.45, 7) is 0. The third-order valence-corrected chi connectivity index (χ3v) is 4.03. The quantitative estimate of drug-likeness (QED) is 0.535. The number of nitro groups is 1. The van der Waals surface area contributed by atoms with Crippen LogP contribution in [0.1, 0.15) is 30.1 Å². The van der Waals surface area contributed by atoms with Gasteiger partial charge in [0.15, 0.2) is 0 Å². The van der Waals surface area contributed by atoms with Gasteiger partial charge in [0.25, 0.3) is 5.69 Å². The third kappa shape index (κ3) is 3.09. The van der Waals surface area contributed by atoms with Crippen LogP contribution in [0.2, 0.25) is 0 Å². The molecule has 1 aliphatic rings. The smallest absolute Gasteiger partial charge is 0.269 e. The van der Waals surface area contributed by atoms with Gasteiger partial charge in [0.1, 0.15) is 11.9 Å². The maximum absolute atomic E-state index is 10.7. The molecule has 2 aromatic carbocycles. The van der Waals surface area contributed by atoms with Crippen LogP contribution in [-0.2, 0) is 6.42 Å². The normalized spacial score (nSPS) is 20.8. The number of ether oxygens (including phenoxy) is 1. The average Bonchev–Trinajstić information content (AvgIpc) is 2.68. The number of hydrogen-bond acceptors (Lipinski definition) is 4. The van der Waals surface area contributed by atoms with Gasteiger partial charge in [-0.05, 0) is 36.1 Å². The first-order valence-electron chi connectivity index (χ1n) is 7.38. The van der Waals surface area contributed by atoms with Gasteiger partial charge in [0.05, 0.1) is 4.92 Å². The number of rotatable bonds is 3. The molecule has 0 saturated heterocycles. The van der Waals surface area contributed by atoms with E-state index in [4.69, 9.17) is 10.5 Å². The van der Waals surface area contributed by atoms with E-state index in [0.717, 1.165) is 24.8 Å². The number of nitro benzene ring substituents is 1. The highest BCUT2D eigenvalue weighted by atomic mass is 16.6. The third-order valence-electron chi connectivity index (χ3n) is 4.03. The summed E-state index contributed by atoms with van der Waals surface area (Å²) in [5.41, 5.74) is 8.64. The zero-order valence-corrected chi connectivity index (χ0v) is 12.1. The summed E-state index contributed by atoms with van der Waals surface area (Å²) >= 11 is 0. The Balaban J connectivity index is 1.85. The van der Waals surface area contributed by atoms with E-state index < -0.39 is 4.92 Å². The summed E-state index contributed by atoms with van der Waals surface area (Å²) in [6, 6.07) is 14.5. The molecule has 0 heterocycles. The van der Waals surface area contributed by atoms with Gasteiger partial charge < -0.3 is 10.5 Å². The highest BCUT2D eigenvalue weighted by Gasteiger charge is 2.24. The number of non-ortho nitro benzene ring substituents is 1. The summed E-state index contributed by atoms with van der Waals surface area (Å²) in [7, 11) is 0.